The van der Waals surface area contributed by atoms with E-state index >= 15 is 0 Å². The first kappa shape index (κ1) is 12.5. The second kappa shape index (κ2) is 4.97. The first-order valence-electron chi connectivity index (χ1n) is 5.94. The lowest BCUT2D eigenvalue weighted by atomic mass is 9.93. The van der Waals surface area contributed by atoms with E-state index in [0.29, 0.717) is 5.92 Å². The normalized spacial score (nSPS) is 21.7. The summed E-state index contributed by atoms with van der Waals surface area (Å²) in [6, 6.07) is 0. The van der Waals surface area contributed by atoms with E-state index in [2.05, 4.69) is 5.32 Å². The Labute approximate surface area is 92.3 Å². The number of nitrogens with one attached hydrogen (secondary N) is 1. The van der Waals surface area contributed by atoms with Crippen LogP contribution < -0.4 is 5.32 Å². The smallest absolute Gasteiger partial charge is 0.223 e. The van der Waals surface area contributed by atoms with E-state index in [0.717, 1.165) is 25.7 Å². The average molecular weight is 213 g/mol. The minimum Gasteiger partial charge on any atom is -0.394 e. The molecule has 3 nitrogen and oxygen atoms in total. The van der Waals surface area contributed by atoms with Crippen molar-refractivity contribution in [1.29, 1.82) is 0 Å². The Hall–Kier alpha value is -0.570. The zero-order valence-corrected chi connectivity index (χ0v) is 10.0. The second-order valence-corrected chi connectivity index (χ2v) is 5.17. The molecule has 1 aliphatic rings. The Balaban J connectivity index is 2.55. The fraction of sp³-hybridized carbons (Fsp3) is 0.917. The number of aliphatic hydroxyl groups excluding tert-OH is 1. The molecule has 1 atom stereocenters. The quantitative estimate of drug-likeness (QED) is 0.746. The van der Waals surface area contributed by atoms with Crippen LogP contribution in [0, 0.1) is 11.8 Å². The fourth-order valence-electron chi connectivity index (χ4n) is 2.05. The third-order valence-corrected chi connectivity index (χ3v) is 3.67. The largest absolute Gasteiger partial charge is 0.394 e. The molecular formula is C12H23NO2. The standard InChI is InChI=1S/C12H23NO2/c1-9(2)10(3)11(15)13-12(8-14)6-4-5-7-12/h9-10,14H,4-8H2,1-3H3,(H,13,15). The maximum Gasteiger partial charge on any atom is 0.223 e. The topological polar surface area (TPSA) is 49.3 Å². The highest BCUT2D eigenvalue weighted by Crippen LogP contribution is 2.29. The Bertz CT molecular complexity index is 220. The minimum atomic E-state index is -0.319. The van der Waals surface area contributed by atoms with Crippen molar-refractivity contribution in [3.63, 3.8) is 0 Å². The van der Waals surface area contributed by atoms with Crippen LogP contribution in [0.15, 0.2) is 0 Å². The number of carbonyl (C=O) groups excluding carboxylic acids is 1. The van der Waals surface area contributed by atoms with E-state index in [1.54, 1.807) is 0 Å². The SMILES string of the molecule is CC(C)C(C)C(=O)NC1(CO)CCCC1. The third-order valence-electron chi connectivity index (χ3n) is 3.67. The van der Waals surface area contributed by atoms with Crippen molar-refractivity contribution in [3.8, 4) is 0 Å². The maximum absolute atomic E-state index is 11.9. The van der Waals surface area contributed by atoms with Gasteiger partial charge in [0.2, 0.25) is 5.91 Å². The molecular weight excluding hydrogens is 190 g/mol. The van der Waals surface area contributed by atoms with Crippen LogP contribution in [-0.4, -0.2) is 23.2 Å². The van der Waals surface area contributed by atoms with Gasteiger partial charge in [-0.05, 0) is 18.8 Å². The van der Waals surface area contributed by atoms with Crippen molar-refractivity contribution < 1.29 is 9.90 Å². The third kappa shape index (κ3) is 2.94. The van der Waals surface area contributed by atoms with Crippen molar-refractivity contribution in [2.45, 2.75) is 52.0 Å². The van der Waals surface area contributed by atoms with Crippen LogP contribution in [0.2, 0.25) is 0 Å². The van der Waals surface area contributed by atoms with Gasteiger partial charge in [0.15, 0.2) is 0 Å². The molecule has 0 aromatic rings. The molecule has 0 aromatic heterocycles. The highest BCUT2D eigenvalue weighted by Gasteiger charge is 2.35. The Morgan fingerprint density at radius 3 is 2.27 bits per heavy atom. The van der Waals surface area contributed by atoms with E-state index in [1.807, 2.05) is 20.8 Å². The van der Waals surface area contributed by atoms with Crippen molar-refractivity contribution >= 4 is 5.91 Å². The summed E-state index contributed by atoms with van der Waals surface area (Å²) in [4.78, 5) is 11.9. The molecule has 1 saturated carbocycles. The fourth-order valence-corrected chi connectivity index (χ4v) is 2.05. The summed E-state index contributed by atoms with van der Waals surface area (Å²) in [5.74, 6) is 0.456. The number of aliphatic hydroxyl groups is 1. The zero-order chi connectivity index (χ0) is 11.5. The van der Waals surface area contributed by atoms with Crippen LogP contribution in [0.1, 0.15) is 46.5 Å². The minimum absolute atomic E-state index is 0.0222. The molecule has 1 rings (SSSR count). The molecule has 0 radical (unpaired) electrons. The van der Waals surface area contributed by atoms with Crippen LogP contribution >= 0.6 is 0 Å². The van der Waals surface area contributed by atoms with Crippen LogP contribution in [0.5, 0.6) is 0 Å². The molecule has 15 heavy (non-hydrogen) atoms. The molecule has 88 valence electrons. The summed E-state index contributed by atoms with van der Waals surface area (Å²) < 4.78 is 0. The van der Waals surface area contributed by atoms with Gasteiger partial charge in [-0.2, -0.15) is 0 Å². The highest BCUT2D eigenvalue weighted by molar-refractivity contribution is 5.79. The summed E-state index contributed by atoms with van der Waals surface area (Å²) in [5, 5.41) is 12.4. The molecule has 3 heteroatoms. The molecule has 2 N–H and O–H groups in total. The molecule has 0 aromatic carbocycles. The molecule has 0 bridgehead atoms. The first-order chi connectivity index (χ1) is 7.01. The summed E-state index contributed by atoms with van der Waals surface area (Å²) >= 11 is 0. The van der Waals surface area contributed by atoms with E-state index in [1.165, 1.54) is 0 Å². The molecule has 1 unspecified atom stereocenters. The van der Waals surface area contributed by atoms with Crippen LogP contribution in [0.25, 0.3) is 0 Å². The summed E-state index contributed by atoms with van der Waals surface area (Å²) in [6.07, 6.45) is 4.05. The second-order valence-electron chi connectivity index (χ2n) is 5.17. The van der Waals surface area contributed by atoms with Crippen molar-refractivity contribution in [2.24, 2.45) is 11.8 Å². The van der Waals surface area contributed by atoms with Gasteiger partial charge in [-0.3, -0.25) is 4.79 Å². The average Bonchev–Trinajstić information content (AvgIpc) is 2.65. The molecule has 1 fully saturated rings. The van der Waals surface area contributed by atoms with Gasteiger partial charge in [0, 0.05) is 5.92 Å². The number of amides is 1. The van der Waals surface area contributed by atoms with Crippen LogP contribution in [0.3, 0.4) is 0 Å². The van der Waals surface area contributed by atoms with Crippen molar-refractivity contribution in [3.05, 3.63) is 0 Å². The summed E-state index contributed by atoms with van der Waals surface area (Å²) in [6.45, 7) is 6.11. The number of rotatable bonds is 4. The first-order valence-corrected chi connectivity index (χ1v) is 5.94. The Morgan fingerprint density at radius 2 is 1.87 bits per heavy atom. The lowest BCUT2D eigenvalue weighted by molar-refractivity contribution is -0.128. The number of hydrogen-bond acceptors (Lipinski definition) is 2. The van der Waals surface area contributed by atoms with Crippen molar-refractivity contribution in [2.75, 3.05) is 6.61 Å². The van der Waals surface area contributed by atoms with Crippen LogP contribution in [0.4, 0.5) is 0 Å². The molecule has 0 saturated heterocycles. The maximum atomic E-state index is 11.9. The van der Waals surface area contributed by atoms with Gasteiger partial charge in [0.25, 0.3) is 0 Å². The van der Waals surface area contributed by atoms with Gasteiger partial charge in [-0.15, -0.1) is 0 Å². The van der Waals surface area contributed by atoms with Gasteiger partial charge in [0.1, 0.15) is 0 Å². The van der Waals surface area contributed by atoms with Gasteiger partial charge in [-0.1, -0.05) is 33.6 Å². The molecule has 1 amide bonds. The summed E-state index contributed by atoms with van der Waals surface area (Å²) in [5.41, 5.74) is -0.319. The van der Waals surface area contributed by atoms with Gasteiger partial charge < -0.3 is 10.4 Å². The lowest BCUT2D eigenvalue weighted by Gasteiger charge is -2.30. The predicted octanol–water partition coefficient (Wildman–Crippen LogP) is 1.70. The molecule has 0 aliphatic heterocycles. The van der Waals surface area contributed by atoms with Gasteiger partial charge in [-0.25, -0.2) is 0 Å². The van der Waals surface area contributed by atoms with E-state index in [9.17, 15) is 9.90 Å². The Morgan fingerprint density at radius 1 is 1.33 bits per heavy atom. The number of carbonyl (C=O) groups is 1. The lowest BCUT2D eigenvalue weighted by Crippen LogP contribution is -2.51. The van der Waals surface area contributed by atoms with Crippen LogP contribution in [-0.2, 0) is 4.79 Å². The molecule has 0 spiro atoms. The van der Waals surface area contributed by atoms with Gasteiger partial charge in [0.05, 0.1) is 12.1 Å². The molecule has 0 heterocycles. The molecule has 1 aliphatic carbocycles. The van der Waals surface area contributed by atoms with Gasteiger partial charge >= 0.3 is 0 Å². The van der Waals surface area contributed by atoms with Crippen molar-refractivity contribution in [1.82, 2.24) is 5.32 Å². The highest BCUT2D eigenvalue weighted by atomic mass is 16.3. The Kier molecular flexibility index (Phi) is 4.14. The summed E-state index contributed by atoms with van der Waals surface area (Å²) in [7, 11) is 0. The van der Waals surface area contributed by atoms with E-state index in [-0.39, 0.29) is 24.0 Å². The van der Waals surface area contributed by atoms with E-state index in [4.69, 9.17) is 0 Å². The monoisotopic (exact) mass is 213 g/mol. The zero-order valence-electron chi connectivity index (χ0n) is 10.0. The number of hydrogen-bond donors (Lipinski definition) is 2. The van der Waals surface area contributed by atoms with E-state index < -0.39 is 0 Å². The predicted molar refractivity (Wildman–Crippen MR) is 60.4 cm³/mol.